The average Bonchev–Trinajstić information content (AvgIpc) is 2.42. The van der Waals surface area contributed by atoms with Crippen molar-refractivity contribution in [2.24, 2.45) is 0 Å². The lowest BCUT2D eigenvalue weighted by Gasteiger charge is -2.12. The Balaban J connectivity index is 2.59. The van der Waals surface area contributed by atoms with Gasteiger partial charge in [0.2, 0.25) is 0 Å². The maximum Gasteiger partial charge on any atom is 0.287 e. The van der Waals surface area contributed by atoms with Crippen LogP contribution in [0.4, 0.5) is 5.69 Å². The molecule has 0 aliphatic carbocycles. The molecule has 20 heavy (non-hydrogen) atoms. The molecule has 0 saturated carbocycles. The van der Waals surface area contributed by atoms with Gasteiger partial charge in [-0.2, -0.15) is 16.9 Å². The molecular weight excluding hydrogens is 296 g/mol. The molecule has 7 heteroatoms. The van der Waals surface area contributed by atoms with Gasteiger partial charge in [0.1, 0.15) is 5.02 Å². The first-order valence-electron chi connectivity index (χ1n) is 6.39. The highest BCUT2D eigenvalue weighted by molar-refractivity contribution is 7.99. The largest absolute Gasteiger partial charge is 0.382 e. The highest BCUT2D eigenvalue weighted by atomic mass is 35.5. The van der Waals surface area contributed by atoms with E-state index in [9.17, 15) is 4.79 Å². The van der Waals surface area contributed by atoms with Crippen LogP contribution in [-0.4, -0.2) is 53.4 Å². The van der Waals surface area contributed by atoms with Crippen molar-refractivity contribution >= 4 is 29.1 Å². The molecule has 0 unspecified atom stereocenters. The first-order chi connectivity index (χ1) is 9.56. The second-order valence-electron chi connectivity index (χ2n) is 4.49. The Morgan fingerprint density at radius 3 is 3.00 bits per heavy atom. The van der Waals surface area contributed by atoms with Crippen molar-refractivity contribution in [1.82, 2.24) is 14.7 Å². The van der Waals surface area contributed by atoms with E-state index in [1.165, 1.54) is 4.68 Å². The number of hydrogen-bond donors (Lipinski definition) is 1. The summed E-state index contributed by atoms with van der Waals surface area (Å²) >= 11 is 7.85. The number of aromatic nitrogens is 2. The van der Waals surface area contributed by atoms with E-state index in [0.717, 1.165) is 24.6 Å². The Labute approximate surface area is 129 Å². The van der Waals surface area contributed by atoms with Crippen molar-refractivity contribution in [3.05, 3.63) is 34.2 Å². The molecule has 112 valence electrons. The summed E-state index contributed by atoms with van der Waals surface area (Å²) in [6.45, 7) is 5.67. The summed E-state index contributed by atoms with van der Waals surface area (Å²) in [5.74, 6) is 1.84. The van der Waals surface area contributed by atoms with Gasteiger partial charge in [-0.15, -0.1) is 6.58 Å². The zero-order valence-corrected chi connectivity index (χ0v) is 13.5. The van der Waals surface area contributed by atoms with Crippen LogP contribution in [0, 0.1) is 0 Å². The van der Waals surface area contributed by atoms with E-state index in [1.807, 2.05) is 25.1 Å². The molecule has 0 radical (unpaired) electrons. The van der Waals surface area contributed by atoms with Crippen LogP contribution in [0.5, 0.6) is 0 Å². The zero-order chi connectivity index (χ0) is 15.0. The normalized spacial score (nSPS) is 10.8. The Kier molecular flexibility index (Phi) is 7.72. The average molecular weight is 317 g/mol. The number of thioether (sulfide) groups is 1. The first kappa shape index (κ1) is 17.1. The summed E-state index contributed by atoms with van der Waals surface area (Å²) in [4.78, 5) is 14.0. The third kappa shape index (κ3) is 5.56. The molecule has 0 fully saturated rings. The van der Waals surface area contributed by atoms with Crippen LogP contribution in [0.15, 0.2) is 23.6 Å². The van der Waals surface area contributed by atoms with Gasteiger partial charge in [0.05, 0.1) is 18.4 Å². The summed E-state index contributed by atoms with van der Waals surface area (Å²) in [6.07, 6.45) is 3.47. The molecule has 0 aromatic carbocycles. The minimum atomic E-state index is -0.253. The molecule has 0 spiro atoms. The first-order valence-corrected chi connectivity index (χ1v) is 7.92. The van der Waals surface area contributed by atoms with Gasteiger partial charge in [0, 0.05) is 24.6 Å². The standard InChI is InChI=1S/C13H21ClN4OS/c1-4-8-20-9-5-15-11-10-16-18(7-6-17(2)3)13(19)12(11)14/h4,10,15H,1,5-9H2,2-3H3. The van der Waals surface area contributed by atoms with Crippen molar-refractivity contribution in [1.29, 1.82) is 0 Å². The molecule has 1 aromatic heterocycles. The van der Waals surface area contributed by atoms with Crippen LogP contribution in [-0.2, 0) is 6.54 Å². The van der Waals surface area contributed by atoms with Gasteiger partial charge in [0.15, 0.2) is 0 Å². The smallest absolute Gasteiger partial charge is 0.287 e. The highest BCUT2D eigenvalue weighted by Gasteiger charge is 2.08. The lowest BCUT2D eigenvalue weighted by atomic mass is 10.4. The second-order valence-corrected chi connectivity index (χ2v) is 6.02. The topological polar surface area (TPSA) is 50.2 Å². The molecule has 0 aliphatic heterocycles. The summed E-state index contributed by atoms with van der Waals surface area (Å²) in [7, 11) is 3.90. The van der Waals surface area contributed by atoms with Crippen LogP contribution < -0.4 is 10.9 Å². The van der Waals surface area contributed by atoms with E-state index >= 15 is 0 Å². The monoisotopic (exact) mass is 316 g/mol. The Morgan fingerprint density at radius 1 is 1.60 bits per heavy atom. The molecular formula is C13H21ClN4OS. The molecule has 0 bridgehead atoms. The van der Waals surface area contributed by atoms with Crippen molar-refractivity contribution < 1.29 is 0 Å². The quantitative estimate of drug-likeness (QED) is 0.556. The molecule has 5 nitrogen and oxygen atoms in total. The van der Waals surface area contributed by atoms with Crippen molar-refractivity contribution in [3.63, 3.8) is 0 Å². The maximum atomic E-state index is 12.0. The fourth-order valence-corrected chi connectivity index (χ4v) is 2.26. The summed E-state index contributed by atoms with van der Waals surface area (Å²) in [5.41, 5.74) is 0.342. The molecule has 1 aromatic rings. The van der Waals surface area contributed by atoms with Gasteiger partial charge in [-0.1, -0.05) is 17.7 Å². The molecule has 1 rings (SSSR count). The van der Waals surface area contributed by atoms with Gasteiger partial charge in [0.25, 0.3) is 5.56 Å². The number of nitrogens with one attached hydrogen (secondary N) is 1. The van der Waals surface area contributed by atoms with Crippen LogP contribution in [0.1, 0.15) is 0 Å². The third-order valence-corrected chi connectivity index (χ3v) is 3.87. The second kappa shape index (κ2) is 9.05. The molecule has 0 amide bonds. The van der Waals surface area contributed by atoms with E-state index in [2.05, 4.69) is 17.0 Å². The maximum absolute atomic E-state index is 12.0. The summed E-state index contributed by atoms with van der Waals surface area (Å²) < 4.78 is 1.39. The fourth-order valence-electron chi connectivity index (χ4n) is 1.47. The molecule has 0 aliphatic rings. The van der Waals surface area contributed by atoms with E-state index in [4.69, 9.17) is 11.6 Å². The number of anilines is 1. The summed E-state index contributed by atoms with van der Waals surface area (Å²) in [5, 5.41) is 7.47. The van der Waals surface area contributed by atoms with Gasteiger partial charge in [-0.05, 0) is 14.1 Å². The van der Waals surface area contributed by atoms with E-state index < -0.39 is 0 Å². The minimum absolute atomic E-state index is 0.201. The molecule has 1 heterocycles. The Morgan fingerprint density at radius 2 is 2.35 bits per heavy atom. The van der Waals surface area contributed by atoms with E-state index in [0.29, 0.717) is 12.2 Å². The zero-order valence-electron chi connectivity index (χ0n) is 11.9. The highest BCUT2D eigenvalue weighted by Crippen LogP contribution is 2.15. The predicted octanol–water partition coefficient (Wildman–Crippen LogP) is 1.79. The van der Waals surface area contributed by atoms with Gasteiger partial charge >= 0.3 is 0 Å². The van der Waals surface area contributed by atoms with Crippen LogP contribution in [0.25, 0.3) is 0 Å². The lowest BCUT2D eigenvalue weighted by molar-refractivity contribution is 0.367. The van der Waals surface area contributed by atoms with E-state index in [1.54, 1.807) is 18.0 Å². The number of likely N-dealkylation sites (N-methyl/N-ethyl adjacent to an activating group) is 1. The molecule has 0 saturated heterocycles. The Hall–Kier alpha value is -0.980. The predicted molar refractivity (Wildman–Crippen MR) is 88.1 cm³/mol. The number of hydrogen-bond acceptors (Lipinski definition) is 5. The minimum Gasteiger partial charge on any atom is -0.382 e. The lowest BCUT2D eigenvalue weighted by Crippen LogP contribution is -2.29. The Bertz CT molecular complexity index is 490. The van der Waals surface area contributed by atoms with Crippen LogP contribution in [0.3, 0.4) is 0 Å². The van der Waals surface area contributed by atoms with Crippen molar-refractivity contribution in [2.45, 2.75) is 6.54 Å². The van der Waals surface area contributed by atoms with Crippen LogP contribution >= 0.6 is 23.4 Å². The van der Waals surface area contributed by atoms with Crippen molar-refractivity contribution in [2.75, 3.05) is 44.0 Å². The molecule has 0 atom stereocenters. The van der Waals surface area contributed by atoms with Gasteiger partial charge in [-0.25, -0.2) is 4.68 Å². The number of nitrogens with zero attached hydrogens (tertiary/aromatic N) is 3. The van der Waals surface area contributed by atoms with Gasteiger partial charge in [-0.3, -0.25) is 4.79 Å². The third-order valence-electron chi connectivity index (χ3n) is 2.54. The SMILES string of the molecule is C=CCSCCNc1cnn(CCN(C)C)c(=O)c1Cl. The van der Waals surface area contributed by atoms with Crippen LogP contribution in [0.2, 0.25) is 5.02 Å². The molecule has 1 N–H and O–H groups in total. The number of rotatable bonds is 9. The van der Waals surface area contributed by atoms with Gasteiger partial charge < -0.3 is 10.2 Å². The fraction of sp³-hybridized carbons (Fsp3) is 0.538. The number of halogens is 1. The summed E-state index contributed by atoms with van der Waals surface area (Å²) in [6, 6.07) is 0. The van der Waals surface area contributed by atoms with Crippen molar-refractivity contribution in [3.8, 4) is 0 Å². The van der Waals surface area contributed by atoms with E-state index in [-0.39, 0.29) is 10.6 Å².